The molecule has 5 heteroatoms. The molecule has 126 valence electrons. The maximum absolute atomic E-state index is 11.1. The normalized spacial score (nSPS) is 16.3. The maximum Gasteiger partial charge on any atom is 0.331 e. The molecule has 0 radical (unpaired) electrons. The highest BCUT2D eigenvalue weighted by atomic mass is 16.4. The minimum absolute atomic E-state index is 0.215. The molecular weight excluding hydrogens is 304 g/mol. The number of hydrogen-bond acceptors (Lipinski definition) is 3. The molecule has 24 heavy (non-hydrogen) atoms. The van der Waals surface area contributed by atoms with Crippen molar-refractivity contribution >= 4 is 12.0 Å². The second-order valence-corrected chi connectivity index (χ2v) is 6.39. The first-order valence-electron chi connectivity index (χ1n) is 8.35. The van der Waals surface area contributed by atoms with Crippen LogP contribution >= 0.6 is 0 Å². The van der Waals surface area contributed by atoms with Crippen LogP contribution in [-0.4, -0.2) is 26.0 Å². The van der Waals surface area contributed by atoms with Crippen molar-refractivity contribution in [3.63, 3.8) is 0 Å². The van der Waals surface area contributed by atoms with Gasteiger partial charge in [-0.1, -0.05) is 19.3 Å². The van der Waals surface area contributed by atoms with Gasteiger partial charge in [0, 0.05) is 17.2 Å². The van der Waals surface area contributed by atoms with Gasteiger partial charge in [-0.05, 0) is 56.2 Å². The zero-order chi connectivity index (χ0) is 17.1. The molecule has 1 aromatic heterocycles. The van der Waals surface area contributed by atoms with Crippen molar-refractivity contribution in [2.75, 3.05) is 0 Å². The minimum atomic E-state index is -0.937. The van der Waals surface area contributed by atoms with Crippen LogP contribution in [0.25, 0.3) is 11.8 Å². The van der Waals surface area contributed by atoms with Crippen LogP contribution in [0.3, 0.4) is 0 Å². The van der Waals surface area contributed by atoms with Crippen molar-refractivity contribution in [2.24, 2.45) is 0 Å². The molecule has 1 aliphatic carbocycles. The number of aliphatic carboxylic acids is 1. The molecule has 2 N–H and O–H groups in total. The molecule has 1 fully saturated rings. The Balaban J connectivity index is 2.03. The van der Waals surface area contributed by atoms with E-state index in [0.29, 0.717) is 11.6 Å². The van der Waals surface area contributed by atoms with E-state index in [9.17, 15) is 9.90 Å². The Hall–Kier alpha value is -2.56. The van der Waals surface area contributed by atoms with Gasteiger partial charge >= 0.3 is 5.97 Å². The fourth-order valence-electron chi connectivity index (χ4n) is 3.26. The van der Waals surface area contributed by atoms with Gasteiger partial charge in [-0.2, -0.15) is 5.10 Å². The summed E-state index contributed by atoms with van der Waals surface area (Å²) < 4.78 is 1.89. The Bertz CT molecular complexity index is 753. The van der Waals surface area contributed by atoms with Crippen molar-refractivity contribution in [3.05, 3.63) is 47.3 Å². The number of hydrogen-bond donors (Lipinski definition) is 2. The number of aromatic nitrogens is 2. The molecule has 1 saturated carbocycles. The highest BCUT2D eigenvalue weighted by Gasteiger charge is 2.21. The number of phenolic OH excluding ortho intramolecular Hbond substituents is 1. The number of benzene rings is 1. The topological polar surface area (TPSA) is 75.3 Å². The van der Waals surface area contributed by atoms with Crippen molar-refractivity contribution in [3.8, 4) is 11.4 Å². The number of carboxylic acid groups (broad SMARTS) is 1. The molecule has 5 nitrogen and oxygen atoms in total. The van der Waals surface area contributed by atoms with Crippen LogP contribution in [0.2, 0.25) is 0 Å². The van der Waals surface area contributed by atoms with E-state index in [1.807, 2.05) is 22.9 Å². The monoisotopic (exact) mass is 326 g/mol. The lowest BCUT2D eigenvalue weighted by molar-refractivity contribution is -0.132. The molecular formula is C19H22N2O3. The van der Waals surface area contributed by atoms with Crippen molar-refractivity contribution in [1.29, 1.82) is 0 Å². The number of nitrogens with zero attached hydrogens (tertiary/aromatic N) is 2. The van der Waals surface area contributed by atoms with Gasteiger partial charge in [-0.25, -0.2) is 9.48 Å². The predicted octanol–water partition coefficient (Wildman–Crippen LogP) is 4.11. The average Bonchev–Trinajstić information content (AvgIpc) is 3.00. The zero-order valence-electron chi connectivity index (χ0n) is 13.8. The zero-order valence-corrected chi connectivity index (χ0v) is 13.8. The Morgan fingerprint density at radius 3 is 2.50 bits per heavy atom. The summed E-state index contributed by atoms with van der Waals surface area (Å²) >= 11 is 0. The average molecular weight is 326 g/mol. The molecule has 2 aromatic rings. The number of carboxylic acids is 1. The molecule has 1 heterocycles. The van der Waals surface area contributed by atoms with E-state index in [0.717, 1.165) is 24.2 Å². The van der Waals surface area contributed by atoms with Gasteiger partial charge in [0.25, 0.3) is 0 Å². The standard InChI is InChI=1S/C19H22N2O3/c1-13(19(23)24)11-15-12-18(14-5-3-2-4-6-14)21(20-15)16-7-9-17(22)10-8-16/h7-12,14,22H,2-6H2,1H3,(H,23,24). The summed E-state index contributed by atoms with van der Waals surface area (Å²) in [6.45, 7) is 1.57. The first-order chi connectivity index (χ1) is 11.5. The fourth-order valence-corrected chi connectivity index (χ4v) is 3.26. The summed E-state index contributed by atoms with van der Waals surface area (Å²) in [4.78, 5) is 11.1. The van der Waals surface area contributed by atoms with Crippen LogP contribution in [0.1, 0.15) is 56.3 Å². The third-order valence-electron chi connectivity index (χ3n) is 4.58. The lowest BCUT2D eigenvalue weighted by Crippen LogP contribution is -2.10. The van der Waals surface area contributed by atoms with Gasteiger partial charge in [-0.3, -0.25) is 0 Å². The molecule has 0 aliphatic heterocycles. The summed E-state index contributed by atoms with van der Waals surface area (Å²) in [7, 11) is 0. The lowest BCUT2D eigenvalue weighted by atomic mass is 9.86. The van der Waals surface area contributed by atoms with Crippen LogP contribution in [0.15, 0.2) is 35.9 Å². The van der Waals surface area contributed by atoms with Gasteiger partial charge in [0.2, 0.25) is 0 Å². The van der Waals surface area contributed by atoms with Crippen LogP contribution in [-0.2, 0) is 4.79 Å². The van der Waals surface area contributed by atoms with Crippen LogP contribution in [0.4, 0.5) is 0 Å². The van der Waals surface area contributed by atoms with E-state index in [4.69, 9.17) is 5.11 Å². The molecule has 1 aromatic carbocycles. The highest BCUT2D eigenvalue weighted by Crippen LogP contribution is 2.34. The van der Waals surface area contributed by atoms with Crippen LogP contribution < -0.4 is 0 Å². The molecule has 0 atom stereocenters. The van der Waals surface area contributed by atoms with E-state index in [1.165, 1.54) is 19.3 Å². The maximum atomic E-state index is 11.1. The van der Waals surface area contributed by atoms with Gasteiger partial charge in [0.15, 0.2) is 0 Å². The van der Waals surface area contributed by atoms with Crippen molar-refractivity contribution in [1.82, 2.24) is 9.78 Å². The van der Waals surface area contributed by atoms with Crippen LogP contribution in [0.5, 0.6) is 5.75 Å². The summed E-state index contributed by atoms with van der Waals surface area (Å²) in [5.74, 6) is -0.285. The van der Waals surface area contributed by atoms with Gasteiger partial charge < -0.3 is 10.2 Å². The SMILES string of the molecule is CC(=Cc1cc(C2CCCCC2)n(-c2ccc(O)cc2)n1)C(=O)O. The molecule has 0 unspecified atom stereocenters. The smallest absolute Gasteiger partial charge is 0.331 e. The number of rotatable bonds is 4. The quantitative estimate of drug-likeness (QED) is 0.829. The molecule has 0 bridgehead atoms. The second-order valence-electron chi connectivity index (χ2n) is 6.39. The molecule has 0 spiro atoms. The summed E-state index contributed by atoms with van der Waals surface area (Å²) in [5.41, 5.74) is 2.91. The predicted molar refractivity (Wildman–Crippen MR) is 92.3 cm³/mol. The first-order valence-corrected chi connectivity index (χ1v) is 8.35. The first kappa shape index (κ1) is 16.3. The largest absolute Gasteiger partial charge is 0.508 e. The van der Waals surface area contributed by atoms with E-state index in [2.05, 4.69) is 5.10 Å². The van der Waals surface area contributed by atoms with E-state index < -0.39 is 5.97 Å². The van der Waals surface area contributed by atoms with Crippen LogP contribution in [0, 0.1) is 0 Å². The second kappa shape index (κ2) is 6.91. The molecule has 1 aliphatic rings. The van der Waals surface area contributed by atoms with Crippen molar-refractivity contribution < 1.29 is 15.0 Å². The summed E-state index contributed by atoms with van der Waals surface area (Å²) in [6, 6.07) is 8.92. The fraction of sp³-hybridized carbons (Fsp3) is 0.368. The van der Waals surface area contributed by atoms with E-state index in [-0.39, 0.29) is 11.3 Å². The minimum Gasteiger partial charge on any atom is -0.508 e. The van der Waals surface area contributed by atoms with Gasteiger partial charge in [0.05, 0.1) is 11.4 Å². The third kappa shape index (κ3) is 3.50. The Morgan fingerprint density at radius 2 is 1.88 bits per heavy atom. The van der Waals surface area contributed by atoms with E-state index in [1.54, 1.807) is 25.1 Å². The van der Waals surface area contributed by atoms with Crippen molar-refractivity contribution in [2.45, 2.75) is 44.9 Å². The van der Waals surface area contributed by atoms with Gasteiger partial charge in [0.1, 0.15) is 5.75 Å². The molecule has 0 saturated heterocycles. The summed E-state index contributed by atoms with van der Waals surface area (Å²) in [5, 5.41) is 23.2. The van der Waals surface area contributed by atoms with E-state index >= 15 is 0 Å². The third-order valence-corrected chi connectivity index (χ3v) is 4.58. The summed E-state index contributed by atoms with van der Waals surface area (Å²) in [6.07, 6.45) is 7.56. The Kier molecular flexibility index (Phi) is 4.69. The number of phenols is 1. The number of carbonyl (C=O) groups is 1. The Labute approximate surface area is 141 Å². The van der Waals surface area contributed by atoms with Gasteiger partial charge in [-0.15, -0.1) is 0 Å². The Morgan fingerprint density at radius 1 is 1.21 bits per heavy atom. The lowest BCUT2D eigenvalue weighted by Gasteiger charge is -2.22. The number of aromatic hydroxyl groups is 1. The molecule has 3 rings (SSSR count). The molecule has 0 amide bonds. The highest BCUT2D eigenvalue weighted by molar-refractivity contribution is 5.91.